The maximum Gasteiger partial charge on any atom is 0.252 e. The van der Waals surface area contributed by atoms with Crippen molar-refractivity contribution in [3.05, 3.63) is 28.8 Å². The number of rotatable bonds is 2. The Morgan fingerprint density at radius 1 is 1.33 bits per heavy atom. The molecule has 1 aromatic carbocycles. The standard InChI is InChI=1S/C16H19ClN2O2/c1-10-3-6-12(17)9-13(10)19-8-7-14(20)18-16(2,15(19)21)11-4-5-11/h3,6,9,11H,4-5,7-8H2,1-2H3,(H,18,20). The third-order valence-corrected chi connectivity index (χ3v) is 4.74. The first-order valence-electron chi connectivity index (χ1n) is 7.31. The number of benzene rings is 1. The van der Waals surface area contributed by atoms with Crippen LogP contribution in [0.2, 0.25) is 5.02 Å². The second-order valence-corrected chi connectivity index (χ2v) is 6.60. The molecule has 2 fully saturated rings. The molecule has 1 aliphatic carbocycles. The van der Waals surface area contributed by atoms with Gasteiger partial charge in [0.2, 0.25) is 5.91 Å². The average Bonchev–Trinajstić information content (AvgIpc) is 3.26. The van der Waals surface area contributed by atoms with Crippen molar-refractivity contribution in [2.75, 3.05) is 11.4 Å². The summed E-state index contributed by atoms with van der Waals surface area (Å²) in [6, 6.07) is 5.52. The number of carbonyl (C=O) groups is 2. The summed E-state index contributed by atoms with van der Waals surface area (Å²) in [5.41, 5.74) is 0.999. The van der Waals surface area contributed by atoms with E-state index in [9.17, 15) is 9.59 Å². The molecule has 112 valence electrons. The molecule has 0 spiro atoms. The molecule has 1 saturated carbocycles. The third kappa shape index (κ3) is 2.53. The smallest absolute Gasteiger partial charge is 0.252 e. The van der Waals surface area contributed by atoms with Gasteiger partial charge in [0, 0.05) is 23.7 Å². The van der Waals surface area contributed by atoms with Gasteiger partial charge in [-0.15, -0.1) is 0 Å². The van der Waals surface area contributed by atoms with Crippen LogP contribution in [0.15, 0.2) is 18.2 Å². The average molecular weight is 307 g/mol. The molecule has 2 aliphatic rings. The lowest BCUT2D eigenvalue weighted by atomic mass is 9.93. The van der Waals surface area contributed by atoms with Gasteiger partial charge in [-0.2, -0.15) is 0 Å². The predicted molar refractivity (Wildman–Crippen MR) is 82.4 cm³/mol. The first kappa shape index (κ1) is 14.4. The van der Waals surface area contributed by atoms with E-state index in [0.717, 1.165) is 24.1 Å². The number of amides is 2. The van der Waals surface area contributed by atoms with Crippen LogP contribution in [0.3, 0.4) is 0 Å². The van der Waals surface area contributed by atoms with E-state index >= 15 is 0 Å². The van der Waals surface area contributed by atoms with Gasteiger partial charge in [0.05, 0.1) is 0 Å². The fraction of sp³-hybridized carbons (Fsp3) is 0.500. The summed E-state index contributed by atoms with van der Waals surface area (Å²) in [6.45, 7) is 4.20. The first-order chi connectivity index (χ1) is 9.91. The molecule has 1 N–H and O–H groups in total. The van der Waals surface area contributed by atoms with Crippen molar-refractivity contribution < 1.29 is 9.59 Å². The van der Waals surface area contributed by atoms with E-state index in [1.165, 1.54) is 0 Å². The van der Waals surface area contributed by atoms with Gasteiger partial charge in [0.25, 0.3) is 5.91 Å². The van der Waals surface area contributed by atoms with Gasteiger partial charge in [-0.05, 0) is 50.3 Å². The molecular weight excluding hydrogens is 288 g/mol. The highest BCUT2D eigenvalue weighted by Crippen LogP contribution is 2.42. The normalized spacial score (nSPS) is 26.5. The Morgan fingerprint density at radius 3 is 2.71 bits per heavy atom. The Hall–Kier alpha value is -1.55. The zero-order chi connectivity index (χ0) is 15.2. The summed E-state index contributed by atoms with van der Waals surface area (Å²) in [4.78, 5) is 26.7. The number of aryl methyl sites for hydroxylation is 1. The molecule has 0 aromatic heterocycles. The quantitative estimate of drug-likeness (QED) is 0.913. The van der Waals surface area contributed by atoms with Crippen LogP contribution in [0.5, 0.6) is 0 Å². The van der Waals surface area contributed by atoms with Crippen molar-refractivity contribution in [3.63, 3.8) is 0 Å². The van der Waals surface area contributed by atoms with Crippen molar-refractivity contribution in [2.45, 2.75) is 38.6 Å². The highest BCUT2D eigenvalue weighted by atomic mass is 35.5. The van der Waals surface area contributed by atoms with Gasteiger partial charge in [0.1, 0.15) is 5.54 Å². The summed E-state index contributed by atoms with van der Waals surface area (Å²) in [5.74, 6) is 0.162. The van der Waals surface area contributed by atoms with E-state index in [1.54, 1.807) is 11.0 Å². The largest absolute Gasteiger partial charge is 0.342 e. The highest BCUT2D eigenvalue weighted by Gasteiger charge is 2.51. The third-order valence-electron chi connectivity index (χ3n) is 4.51. The summed E-state index contributed by atoms with van der Waals surface area (Å²) < 4.78 is 0. The van der Waals surface area contributed by atoms with E-state index < -0.39 is 5.54 Å². The number of hydrogen-bond donors (Lipinski definition) is 1. The number of halogens is 1. The summed E-state index contributed by atoms with van der Waals surface area (Å²) >= 11 is 6.08. The number of nitrogens with zero attached hydrogens (tertiary/aromatic N) is 1. The molecule has 1 heterocycles. The van der Waals surface area contributed by atoms with Gasteiger partial charge in [-0.25, -0.2) is 0 Å². The van der Waals surface area contributed by atoms with Gasteiger partial charge >= 0.3 is 0 Å². The Labute approximate surface area is 129 Å². The highest BCUT2D eigenvalue weighted by molar-refractivity contribution is 6.31. The minimum atomic E-state index is -0.789. The van der Waals surface area contributed by atoms with Crippen molar-refractivity contribution in [3.8, 4) is 0 Å². The molecule has 1 saturated heterocycles. The minimum absolute atomic E-state index is 0.0267. The second-order valence-electron chi connectivity index (χ2n) is 6.16. The Morgan fingerprint density at radius 2 is 2.05 bits per heavy atom. The zero-order valence-corrected chi connectivity index (χ0v) is 13.0. The van der Waals surface area contributed by atoms with Gasteiger partial charge in [-0.1, -0.05) is 17.7 Å². The monoisotopic (exact) mass is 306 g/mol. The van der Waals surface area contributed by atoms with Crippen LogP contribution in [-0.4, -0.2) is 23.9 Å². The van der Waals surface area contributed by atoms with Crippen LogP contribution in [0, 0.1) is 12.8 Å². The molecule has 3 rings (SSSR count). The van der Waals surface area contributed by atoms with Crippen LogP contribution >= 0.6 is 11.6 Å². The molecule has 1 atom stereocenters. The van der Waals surface area contributed by atoms with E-state index in [-0.39, 0.29) is 17.7 Å². The molecule has 5 heteroatoms. The number of carbonyl (C=O) groups excluding carboxylic acids is 2. The number of nitrogens with one attached hydrogen (secondary N) is 1. The maximum absolute atomic E-state index is 13.0. The van der Waals surface area contributed by atoms with Gasteiger partial charge in [-0.3, -0.25) is 9.59 Å². The van der Waals surface area contributed by atoms with E-state index in [4.69, 9.17) is 11.6 Å². The van der Waals surface area contributed by atoms with Crippen LogP contribution in [0.1, 0.15) is 31.7 Å². The molecule has 21 heavy (non-hydrogen) atoms. The Bertz CT molecular complexity index is 612. The van der Waals surface area contributed by atoms with E-state index in [1.807, 2.05) is 26.0 Å². The fourth-order valence-corrected chi connectivity index (χ4v) is 3.21. The Kier molecular flexibility index (Phi) is 3.44. The summed E-state index contributed by atoms with van der Waals surface area (Å²) in [5, 5.41) is 3.53. The zero-order valence-electron chi connectivity index (χ0n) is 12.3. The van der Waals surface area contributed by atoms with Crippen LogP contribution in [-0.2, 0) is 9.59 Å². The lowest BCUT2D eigenvalue weighted by molar-refractivity contribution is -0.130. The van der Waals surface area contributed by atoms with Crippen LogP contribution < -0.4 is 10.2 Å². The topological polar surface area (TPSA) is 49.4 Å². The SMILES string of the molecule is Cc1ccc(Cl)cc1N1CCC(=O)NC(C)(C2CC2)C1=O. The van der Waals surface area contributed by atoms with Crippen LogP contribution in [0.4, 0.5) is 5.69 Å². The number of hydrogen-bond acceptors (Lipinski definition) is 2. The van der Waals surface area contributed by atoms with Gasteiger partial charge in [0.15, 0.2) is 0 Å². The maximum atomic E-state index is 13.0. The van der Waals surface area contributed by atoms with Gasteiger partial charge < -0.3 is 10.2 Å². The fourth-order valence-electron chi connectivity index (χ4n) is 3.04. The predicted octanol–water partition coefficient (Wildman–Crippen LogP) is 2.67. The summed E-state index contributed by atoms with van der Waals surface area (Å²) in [6.07, 6.45) is 2.30. The number of anilines is 1. The Balaban J connectivity index is 2.02. The lowest BCUT2D eigenvalue weighted by Crippen LogP contribution is -2.57. The molecule has 1 aliphatic heterocycles. The first-order valence-corrected chi connectivity index (χ1v) is 7.69. The van der Waals surface area contributed by atoms with E-state index in [2.05, 4.69) is 5.32 Å². The van der Waals surface area contributed by atoms with Crippen molar-refractivity contribution in [1.82, 2.24) is 5.32 Å². The van der Waals surface area contributed by atoms with Crippen LogP contribution in [0.25, 0.3) is 0 Å². The van der Waals surface area contributed by atoms with E-state index in [0.29, 0.717) is 18.0 Å². The summed E-state index contributed by atoms with van der Waals surface area (Å²) in [7, 11) is 0. The molecule has 0 bridgehead atoms. The molecule has 1 unspecified atom stereocenters. The molecule has 1 aromatic rings. The molecule has 2 amide bonds. The minimum Gasteiger partial charge on any atom is -0.342 e. The van der Waals surface area contributed by atoms with Crippen molar-refractivity contribution in [1.29, 1.82) is 0 Å². The molecular formula is C16H19ClN2O2. The second kappa shape index (κ2) is 5.02. The van der Waals surface area contributed by atoms with Crippen molar-refractivity contribution >= 4 is 29.1 Å². The molecule has 4 nitrogen and oxygen atoms in total. The molecule has 0 radical (unpaired) electrons. The lowest BCUT2D eigenvalue weighted by Gasteiger charge is -2.33. The van der Waals surface area contributed by atoms with Crippen molar-refractivity contribution in [2.24, 2.45) is 5.92 Å².